The number of benzene rings is 1. The number of anilines is 1. The van der Waals surface area contributed by atoms with E-state index in [9.17, 15) is 14.3 Å². The van der Waals surface area contributed by atoms with Crippen molar-refractivity contribution in [2.45, 2.75) is 12.6 Å². The molecule has 1 aromatic heterocycles. The monoisotopic (exact) mass is 481 g/mol. The number of carbonyl (C=O) groups is 1. The molecule has 11 nitrogen and oxygen atoms in total. The molecule has 0 bridgehead atoms. The summed E-state index contributed by atoms with van der Waals surface area (Å²) in [4.78, 5) is 14.0. The first-order valence-corrected chi connectivity index (χ1v) is 10.9. The molecule has 13 heteroatoms. The van der Waals surface area contributed by atoms with Crippen molar-refractivity contribution >= 4 is 29.0 Å². The van der Waals surface area contributed by atoms with Crippen LogP contribution in [0.5, 0.6) is 0 Å². The summed E-state index contributed by atoms with van der Waals surface area (Å²) in [6.07, 6.45) is 0.539. The fourth-order valence-corrected chi connectivity index (χ4v) is 3.21. The van der Waals surface area contributed by atoms with Gasteiger partial charge in [0, 0.05) is 38.8 Å². The molecule has 0 spiro atoms. The van der Waals surface area contributed by atoms with Gasteiger partial charge in [0.05, 0.1) is 44.4 Å². The Kier molecular flexibility index (Phi) is 9.30. The largest absolute Gasteiger partial charge is 0.474 e. The van der Waals surface area contributed by atoms with Gasteiger partial charge in [0.2, 0.25) is 5.91 Å². The molecule has 1 aromatic carbocycles. The van der Waals surface area contributed by atoms with Crippen molar-refractivity contribution in [2.24, 2.45) is 0 Å². The highest BCUT2D eigenvalue weighted by Gasteiger charge is 2.20. The van der Waals surface area contributed by atoms with Crippen molar-refractivity contribution in [1.82, 2.24) is 30.5 Å². The summed E-state index contributed by atoms with van der Waals surface area (Å²) in [7, 11) is 1.47. The molecule has 3 rings (SSSR count). The van der Waals surface area contributed by atoms with Crippen LogP contribution in [-0.2, 0) is 20.8 Å². The molecule has 1 aliphatic heterocycles. The normalized spacial score (nSPS) is 15.0. The maximum absolute atomic E-state index is 14.5. The van der Waals surface area contributed by atoms with E-state index in [4.69, 9.17) is 21.7 Å². The number of hydrogen-bond acceptors (Lipinski definition) is 9. The predicted octanol–water partition coefficient (Wildman–Crippen LogP) is -0.351. The van der Waals surface area contributed by atoms with Crippen LogP contribution in [0.3, 0.4) is 0 Å². The van der Waals surface area contributed by atoms with Gasteiger partial charge in [-0.25, -0.2) is 9.07 Å². The third-order valence-corrected chi connectivity index (χ3v) is 5.25. The summed E-state index contributed by atoms with van der Waals surface area (Å²) >= 11 is 4.90. The highest BCUT2D eigenvalue weighted by molar-refractivity contribution is 7.80. The first-order valence-electron chi connectivity index (χ1n) is 10.5. The molecule has 0 radical (unpaired) electrons. The molecule has 1 saturated heterocycles. The number of rotatable bonds is 10. The molecular weight excluding hydrogens is 453 g/mol. The van der Waals surface area contributed by atoms with Crippen molar-refractivity contribution in [1.29, 1.82) is 0 Å². The second-order valence-electron chi connectivity index (χ2n) is 7.31. The van der Waals surface area contributed by atoms with E-state index in [1.54, 1.807) is 18.3 Å². The Morgan fingerprint density at radius 1 is 1.33 bits per heavy atom. The third kappa shape index (κ3) is 7.60. The Balaban J connectivity index is 1.42. The molecule has 1 unspecified atom stereocenters. The molecule has 1 fully saturated rings. The number of aliphatic hydroxyl groups is 1. The zero-order valence-electron chi connectivity index (χ0n) is 18.3. The molecule has 1 amide bonds. The number of morpholine rings is 1. The molecule has 0 aliphatic carbocycles. The van der Waals surface area contributed by atoms with Gasteiger partial charge < -0.3 is 30.5 Å². The van der Waals surface area contributed by atoms with Crippen LogP contribution in [0.15, 0.2) is 24.4 Å². The van der Waals surface area contributed by atoms with Crippen LogP contribution in [0.1, 0.15) is 5.69 Å². The predicted molar refractivity (Wildman–Crippen MR) is 123 cm³/mol. The molecule has 1 atom stereocenters. The Labute approximate surface area is 196 Å². The van der Waals surface area contributed by atoms with Crippen LogP contribution >= 0.6 is 12.2 Å². The summed E-state index contributed by atoms with van der Waals surface area (Å²) in [5.74, 6) is -0.927. The van der Waals surface area contributed by atoms with E-state index in [-0.39, 0.29) is 24.0 Å². The Morgan fingerprint density at radius 2 is 2.12 bits per heavy atom. The van der Waals surface area contributed by atoms with Gasteiger partial charge in [-0.3, -0.25) is 9.69 Å². The van der Waals surface area contributed by atoms with Crippen LogP contribution in [0.4, 0.5) is 10.1 Å². The lowest BCUT2D eigenvalue weighted by atomic mass is 10.2. The number of halogens is 1. The standard InChI is InChI=1S/C20H28FN7O4S/c1-31-20(33)24-11-14-12-28(26-25-14)15-2-3-17(16(21)10-15)22-4-5-23-19(30)18(29)13-27-6-8-32-9-7-27/h2-3,10,12,18,22,29H,4-9,11,13H2,1H3,(H,23,30)(H,24,33). The van der Waals surface area contributed by atoms with Crippen molar-refractivity contribution in [3.05, 3.63) is 35.9 Å². The van der Waals surface area contributed by atoms with Crippen molar-refractivity contribution in [3.8, 4) is 5.69 Å². The molecule has 0 saturated carbocycles. The number of nitrogens with zero attached hydrogens (tertiary/aromatic N) is 4. The number of hydrogen-bond donors (Lipinski definition) is 4. The third-order valence-electron chi connectivity index (χ3n) is 4.93. The van der Waals surface area contributed by atoms with E-state index in [1.807, 2.05) is 4.90 Å². The van der Waals surface area contributed by atoms with Gasteiger partial charge in [-0.2, -0.15) is 0 Å². The highest BCUT2D eigenvalue weighted by Crippen LogP contribution is 2.18. The maximum Gasteiger partial charge on any atom is 0.256 e. The summed E-state index contributed by atoms with van der Waals surface area (Å²) in [6, 6.07) is 4.61. The first-order chi connectivity index (χ1) is 16.0. The van der Waals surface area contributed by atoms with Crippen molar-refractivity contribution < 1.29 is 23.8 Å². The van der Waals surface area contributed by atoms with Gasteiger partial charge in [-0.15, -0.1) is 5.10 Å². The van der Waals surface area contributed by atoms with Gasteiger partial charge >= 0.3 is 0 Å². The van der Waals surface area contributed by atoms with Gasteiger partial charge in [0.25, 0.3) is 5.17 Å². The smallest absolute Gasteiger partial charge is 0.256 e. The second kappa shape index (κ2) is 12.4. The zero-order chi connectivity index (χ0) is 23.6. The van der Waals surface area contributed by atoms with Crippen LogP contribution in [0, 0.1) is 5.82 Å². The van der Waals surface area contributed by atoms with E-state index in [0.29, 0.717) is 50.8 Å². The number of carbonyl (C=O) groups excluding carboxylic acids is 1. The highest BCUT2D eigenvalue weighted by atomic mass is 32.1. The number of nitrogens with one attached hydrogen (secondary N) is 3. The van der Waals surface area contributed by atoms with Crippen molar-refractivity contribution in [2.75, 3.05) is 58.4 Å². The number of aromatic nitrogens is 3. The number of aliphatic hydroxyl groups excluding tert-OH is 1. The van der Waals surface area contributed by atoms with E-state index >= 15 is 0 Å². The molecule has 33 heavy (non-hydrogen) atoms. The minimum atomic E-state index is -1.12. The minimum absolute atomic E-state index is 0.239. The van der Waals surface area contributed by atoms with Gasteiger partial charge in [0.15, 0.2) is 0 Å². The molecule has 2 heterocycles. The lowest BCUT2D eigenvalue weighted by molar-refractivity contribution is -0.130. The summed E-state index contributed by atoms with van der Waals surface area (Å²) in [5.41, 5.74) is 1.41. The summed E-state index contributed by atoms with van der Waals surface area (Å²) in [5, 5.41) is 26.7. The van der Waals surface area contributed by atoms with E-state index in [1.165, 1.54) is 17.9 Å². The number of ether oxygens (including phenoxy) is 2. The van der Waals surface area contributed by atoms with E-state index < -0.39 is 17.8 Å². The van der Waals surface area contributed by atoms with E-state index in [0.717, 1.165) is 0 Å². The van der Waals surface area contributed by atoms with Gasteiger partial charge in [-0.1, -0.05) is 5.21 Å². The quantitative estimate of drug-likeness (QED) is 0.264. The average molecular weight is 482 g/mol. The van der Waals surface area contributed by atoms with Crippen LogP contribution in [-0.4, -0.2) is 95.2 Å². The van der Waals surface area contributed by atoms with Crippen LogP contribution in [0.25, 0.3) is 5.69 Å². The van der Waals surface area contributed by atoms with Gasteiger partial charge in [-0.05, 0) is 24.4 Å². The first kappa shape index (κ1) is 24.8. The van der Waals surface area contributed by atoms with E-state index in [2.05, 4.69) is 26.3 Å². The molecule has 2 aromatic rings. The zero-order valence-corrected chi connectivity index (χ0v) is 19.1. The molecule has 1 aliphatic rings. The van der Waals surface area contributed by atoms with Crippen LogP contribution in [0.2, 0.25) is 0 Å². The Bertz CT molecular complexity index is 939. The topological polar surface area (TPSA) is 126 Å². The molecular formula is C20H28FN7O4S. The Hall–Kier alpha value is -2.87. The van der Waals surface area contributed by atoms with Crippen LogP contribution < -0.4 is 16.0 Å². The average Bonchev–Trinajstić information content (AvgIpc) is 3.30. The number of amides is 1. The molecule has 180 valence electrons. The Morgan fingerprint density at radius 3 is 2.85 bits per heavy atom. The lowest BCUT2D eigenvalue weighted by Crippen LogP contribution is -2.47. The summed E-state index contributed by atoms with van der Waals surface area (Å²) in [6.45, 7) is 3.71. The number of methoxy groups -OCH3 is 1. The second-order valence-corrected chi connectivity index (χ2v) is 7.68. The minimum Gasteiger partial charge on any atom is -0.474 e. The lowest BCUT2D eigenvalue weighted by Gasteiger charge is -2.28. The fraction of sp³-hybridized carbons (Fsp3) is 0.500. The fourth-order valence-electron chi connectivity index (χ4n) is 3.14. The number of thiocarbonyl (C=S) groups is 1. The van der Waals surface area contributed by atoms with Gasteiger partial charge in [0.1, 0.15) is 17.6 Å². The maximum atomic E-state index is 14.5. The molecule has 4 N–H and O–H groups in total. The summed E-state index contributed by atoms with van der Waals surface area (Å²) < 4.78 is 26.1. The van der Waals surface area contributed by atoms with Crippen molar-refractivity contribution in [3.63, 3.8) is 0 Å². The SMILES string of the molecule is COC(=S)NCc1cn(-c2ccc(NCCNC(=O)C(O)CN3CCOCC3)c(F)c2)nn1. The number of β-amino-alcohol motifs (C(OH)–C–C–N with tert-alkyl or cyclic N) is 1.